The van der Waals surface area contributed by atoms with Crippen LogP contribution in [0.5, 0.6) is 0 Å². The van der Waals surface area contributed by atoms with Gasteiger partial charge in [-0.2, -0.15) is 0 Å². The first-order valence-corrected chi connectivity index (χ1v) is 11.0. The molecule has 2 rings (SSSR count). The number of hydrogen-bond acceptors (Lipinski definition) is 2. The maximum Gasteiger partial charge on any atom is 0.0291 e. The molecule has 0 spiro atoms. The molecule has 4 atom stereocenters. The highest BCUT2D eigenvalue weighted by Gasteiger charge is 2.06. The summed E-state index contributed by atoms with van der Waals surface area (Å²) >= 11 is 0. The van der Waals surface area contributed by atoms with E-state index in [1.54, 1.807) is 0 Å². The minimum atomic E-state index is 0.463. The van der Waals surface area contributed by atoms with Gasteiger partial charge in [-0.3, -0.25) is 0 Å². The summed E-state index contributed by atoms with van der Waals surface area (Å²) in [6.45, 7) is 15.7. The molecular formula is C26H42N2. The van der Waals surface area contributed by atoms with Gasteiger partial charge in [0.25, 0.3) is 0 Å². The van der Waals surface area contributed by atoms with E-state index in [2.05, 4.69) is 113 Å². The van der Waals surface area contributed by atoms with Crippen molar-refractivity contribution in [2.75, 3.05) is 13.1 Å². The summed E-state index contributed by atoms with van der Waals surface area (Å²) in [6.07, 6.45) is 2.49. The van der Waals surface area contributed by atoms with E-state index in [9.17, 15) is 0 Å². The number of benzene rings is 2. The Balaban J connectivity index is 0.000000280. The van der Waals surface area contributed by atoms with Crippen LogP contribution in [0.15, 0.2) is 60.7 Å². The van der Waals surface area contributed by atoms with Crippen LogP contribution >= 0.6 is 0 Å². The molecule has 0 aliphatic carbocycles. The summed E-state index contributed by atoms with van der Waals surface area (Å²) in [5, 5.41) is 7.10. The van der Waals surface area contributed by atoms with Crippen LogP contribution in [-0.4, -0.2) is 13.1 Å². The van der Waals surface area contributed by atoms with Gasteiger partial charge in [0.05, 0.1) is 0 Å². The average Bonchev–Trinajstić information content (AvgIpc) is 2.76. The van der Waals surface area contributed by atoms with Crippen molar-refractivity contribution in [1.82, 2.24) is 10.6 Å². The minimum absolute atomic E-state index is 0.463. The first-order valence-electron chi connectivity index (χ1n) is 11.0. The van der Waals surface area contributed by atoms with E-state index in [0.717, 1.165) is 24.9 Å². The van der Waals surface area contributed by atoms with Crippen LogP contribution in [0.4, 0.5) is 0 Å². The largest absolute Gasteiger partial charge is 0.310 e. The molecule has 2 aromatic rings. The Morgan fingerprint density at radius 2 is 0.893 bits per heavy atom. The van der Waals surface area contributed by atoms with E-state index in [0.29, 0.717) is 12.1 Å². The van der Waals surface area contributed by atoms with Gasteiger partial charge in [-0.1, -0.05) is 101 Å². The third-order valence-corrected chi connectivity index (χ3v) is 5.54. The van der Waals surface area contributed by atoms with Crippen LogP contribution in [0.3, 0.4) is 0 Å². The Hall–Kier alpha value is -1.64. The molecule has 0 aliphatic rings. The van der Waals surface area contributed by atoms with Crippen LogP contribution in [-0.2, 0) is 0 Å². The van der Waals surface area contributed by atoms with Gasteiger partial charge in [-0.05, 0) is 49.9 Å². The first-order chi connectivity index (χ1) is 13.5. The van der Waals surface area contributed by atoms with Crippen molar-refractivity contribution in [3.63, 3.8) is 0 Å². The monoisotopic (exact) mass is 382 g/mol. The first kappa shape index (κ1) is 24.4. The van der Waals surface area contributed by atoms with Gasteiger partial charge in [0.2, 0.25) is 0 Å². The summed E-state index contributed by atoms with van der Waals surface area (Å²) in [7, 11) is 0. The van der Waals surface area contributed by atoms with Crippen molar-refractivity contribution in [1.29, 1.82) is 0 Å². The topological polar surface area (TPSA) is 24.1 Å². The lowest BCUT2D eigenvalue weighted by atomic mass is 10.1. The van der Waals surface area contributed by atoms with Gasteiger partial charge >= 0.3 is 0 Å². The van der Waals surface area contributed by atoms with E-state index in [4.69, 9.17) is 0 Å². The van der Waals surface area contributed by atoms with E-state index in [1.165, 1.54) is 24.0 Å². The predicted molar refractivity (Wildman–Crippen MR) is 125 cm³/mol. The lowest BCUT2D eigenvalue weighted by Crippen LogP contribution is -2.24. The Kier molecular flexibility index (Phi) is 12.5. The zero-order chi connectivity index (χ0) is 20.8. The zero-order valence-corrected chi connectivity index (χ0v) is 18.9. The highest BCUT2D eigenvalue weighted by Crippen LogP contribution is 2.12. The second-order valence-corrected chi connectivity index (χ2v) is 8.11. The van der Waals surface area contributed by atoms with Gasteiger partial charge in [-0.25, -0.2) is 0 Å². The van der Waals surface area contributed by atoms with E-state index in [-0.39, 0.29) is 0 Å². The van der Waals surface area contributed by atoms with Crippen molar-refractivity contribution < 1.29 is 0 Å². The molecule has 2 heteroatoms. The molecule has 2 aromatic carbocycles. The Labute approximate surface area is 174 Å². The van der Waals surface area contributed by atoms with E-state index >= 15 is 0 Å². The van der Waals surface area contributed by atoms with Crippen molar-refractivity contribution in [3.05, 3.63) is 71.8 Å². The summed E-state index contributed by atoms with van der Waals surface area (Å²) in [5.74, 6) is 1.53. The zero-order valence-electron chi connectivity index (χ0n) is 18.9. The molecule has 0 bridgehead atoms. The van der Waals surface area contributed by atoms with Crippen LogP contribution < -0.4 is 10.6 Å². The summed E-state index contributed by atoms with van der Waals surface area (Å²) in [5.41, 5.74) is 2.74. The molecule has 0 saturated heterocycles. The summed E-state index contributed by atoms with van der Waals surface area (Å²) in [6, 6.07) is 22.1. The van der Waals surface area contributed by atoms with Crippen LogP contribution in [0.1, 0.15) is 77.6 Å². The average molecular weight is 383 g/mol. The maximum absolute atomic E-state index is 3.55. The quantitative estimate of drug-likeness (QED) is 0.474. The molecular weight excluding hydrogens is 340 g/mol. The van der Waals surface area contributed by atoms with Gasteiger partial charge in [0, 0.05) is 12.1 Å². The molecule has 0 saturated carbocycles. The van der Waals surface area contributed by atoms with Gasteiger partial charge < -0.3 is 10.6 Å². The smallest absolute Gasteiger partial charge is 0.0291 e. The van der Waals surface area contributed by atoms with Gasteiger partial charge in [-0.15, -0.1) is 0 Å². The number of nitrogens with one attached hydrogen (secondary N) is 2. The molecule has 0 radical (unpaired) electrons. The maximum atomic E-state index is 3.55. The predicted octanol–water partition coefficient (Wildman–Crippen LogP) is 6.77. The lowest BCUT2D eigenvalue weighted by molar-refractivity contribution is 0.461. The fourth-order valence-electron chi connectivity index (χ4n) is 2.76. The van der Waals surface area contributed by atoms with E-state index in [1.807, 2.05) is 0 Å². The van der Waals surface area contributed by atoms with Crippen LogP contribution in [0, 0.1) is 11.8 Å². The Morgan fingerprint density at radius 1 is 0.571 bits per heavy atom. The highest BCUT2D eigenvalue weighted by atomic mass is 14.9. The molecule has 0 unspecified atom stereocenters. The van der Waals surface area contributed by atoms with Gasteiger partial charge in [0.1, 0.15) is 0 Å². The van der Waals surface area contributed by atoms with Crippen LogP contribution in [0.2, 0.25) is 0 Å². The molecule has 0 aliphatic heterocycles. The summed E-state index contributed by atoms with van der Waals surface area (Å²) in [4.78, 5) is 0. The Bertz CT molecular complexity index is 541. The number of hydrogen-bond donors (Lipinski definition) is 2. The fourth-order valence-corrected chi connectivity index (χ4v) is 2.76. The molecule has 156 valence electrons. The second kappa shape index (κ2) is 14.4. The number of rotatable bonds is 10. The highest BCUT2D eigenvalue weighted by molar-refractivity contribution is 5.18. The second-order valence-electron chi connectivity index (χ2n) is 8.11. The molecule has 0 fully saturated rings. The molecule has 28 heavy (non-hydrogen) atoms. The lowest BCUT2D eigenvalue weighted by Gasteiger charge is -2.16. The third-order valence-electron chi connectivity index (χ3n) is 5.54. The molecule has 0 heterocycles. The minimum Gasteiger partial charge on any atom is -0.310 e. The van der Waals surface area contributed by atoms with Crippen LogP contribution in [0.25, 0.3) is 0 Å². The van der Waals surface area contributed by atoms with Crippen molar-refractivity contribution >= 4 is 0 Å². The molecule has 0 aromatic heterocycles. The van der Waals surface area contributed by atoms with Crippen molar-refractivity contribution in [3.8, 4) is 0 Å². The SMILES string of the molecule is CC[C@@H](C)CN[C@H](C)c1ccccc1.CC[C@H](C)CN[C@H](C)c1ccccc1. The van der Waals surface area contributed by atoms with Gasteiger partial charge in [0.15, 0.2) is 0 Å². The molecule has 2 nitrogen and oxygen atoms in total. The Morgan fingerprint density at radius 3 is 1.18 bits per heavy atom. The van der Waals surface area contributed by atoms with E-state index < -0.39 is 0 Å². The molecule has 2 N–H and O–H groups in total. The van der Waals surface area contributed by atoms with Crippen molar-refractivity contribution in [2.45, 2.75) is 66.5 Å². The molecule has 0 amide bonds. The third kappa shape index (κ3) is 10.1. The summed E-state index contributed by atoms with van der Waals surface area (Å²) < 4.78 is 0. The fraction of sp³-hybridized carbons (Fsp3) is 0.538. The van der Waals surface area contributed by atoms with Crippen molar-refractivity contribution in [2.24, 2.45) is 11.8 Å². The standard InChI is InChI=1S/2C13H21N/c2*1-4-11(2)10-14-12(3)13-8-6-5-7-9-13/h2*5-9,11-12,14H,4,10H2,1-3H3/t11-,12+;11-,12-/m01/s1. The normalized spacial score (nSPS) is 15.1.